The van der Waals surface area contributed by atoms with Gasteiger partial charge in [-0.25, -0.2) is 9.97 Å². The third kappa shape index (κ3) is 3.79. The molecule has 0 radical (unpaired) electrons. The van der Waals surface area contributed by atoms with Crippen LogP contribution >= 0.6 is 0 Å². The smallest absolute Gasteiger partial charge is 0.204 e. The van der Waals surface area contributed by atoms with Gasteiger partial charge in [-0.05, 0) is 0 Å². The van der Waals surface area contributed by atoms with Gasteiger partial charge in [-0.2, -0.15) is 5.26 Å². The first-order valence-electron chi connectivity index (χ1n) is 5.31. The van der Waals surface area contributed by atoms with Crippen LogP contribution in [0.1, 0.15) is 0 Å². The van der Waals surface area contributed by atoms with Crippen molar-refractivity contribution in [1.82, 2.24) is 20.6 Å². The zero-order valence-corrected chi connectivity index (χ0v) is 10.4. The predicted molar refractivity (Wildman–Crippen MR) is 69.8 cm³/mol. The van der Waals surface area contributed by atoms with E-state index in [1.165, 1.54) is 6.33 Å². The van der Waals surface area contributed by atoms with Crippen LogP contribution in [0.3, 0.4) is 0 Å². The van der Waals surface area contributed by atoms with E-state index in [4.69, 9.17) is 11.0 Å². The minimum Gasteiger partial charge on any atom is -0.382 e. The van der Waals surface area contributed by atoms with Gasteiger partial charge in [0.2, 0.25) is 5.96 Å². The number of rotatable bonds is 4. The van der Waals surface area contributed by atoms with E-state index < -0.39 is 0 Å². The molecule has 1 aromatic heterocycles. The fourth-order valence-corrected chi connectivity index (χ4v) is 1.32. The molecule has 0 atom stereocenters. The summed E-state index contributed by atoms with van der Waals surface area (Å²) in [6.07, 6.45) is 4.86. The highest BCUT2D eigenvalue weighted by molar-refractivity contribution is 5.81. The summed E-state index contributed by atoms with van der Waals surface area (Å²) < 4.78 is 0. The third-order valence-electron chi connectivity index (χ3n) is 2.27. The van der Waals surface area contributed by atoms with Gasteiger partial charge in [0.1, 0.15) is 12.1 Å². The van der Waals surface area contributed by atoms with Gasteiger partial charge in [-0.15, -0.1) is 0 Å². The van der Waals surface area contributed by atoms with E-state index in [2.05, 4.69) is 25.6 Å². The van der Waals surface area contributed by atoms with E-state index in [1.54, 1.807) is 19.4 Å². The number of nitriles is 1. The van der Waals surface area contributed by atoms with Crippen molar-refractivity contribution in [1.29, 1.82) is 5.26 Å². The Morgan fingerprint density at radius 2 is 2.44 bits per heavy atom. The number of nitrogens with zero attached hydrogens (tertiary/aromatic N) is 5. The zero-order chi connectivity index (χ0) is 13.4. The predicted octanol–water partition coefficient (Wildman–Crippen LogP) is -0.859. The summed E-state index contributed by atoms with van der Waals surface area (Å²) in [7, 11) is 3.48. The summed E-state index contributed by atoms with van der Waals surface area (Å²) in [5, 5.41) is 13.9. The van der Waals surface area contributed by atoms with Gasteiger partial charge in [0.25, 0.3) is 0 Å². The Kier molecular flexibility index (Phi) is 5.18. The van der Waals surface area contributed by atoms with E-state index in [9.17, 15) is 0 Å². The fourth-order valence-electron chi connectivity index (χ4n) is 1.32. The maximum atomic E-state index is 8.47. The molecule has 0 bridgehead atoms. The summed E-state index contributed by atoms with van der Waals surface area (Å²) in [6.45, 7) is 1.27. The summed E-state index contributed by atoms with van der Waals surface area (Å²) in [6, 6.07) is 0. The second kappa shape index (κ2) is 6.90. The molecule has 0 aromatic carbocycles. The average molecular weight is 248 g/mol. The van der Waals surface area contributed by atoms with Crippen LogP contribution in [0.5, 0.6) is 0 Å². The Bertz CT molecular complexity index is 449. The molecular formula is C10H16N8. The Morgan fingerprint density at radius 1 is 1.67 bits per heavy atom. The lowest BCUT2D eigenvalue weighted by Gasteiger charge is -2.20. The molecule has 96 valence electrons. The average Bonchev–Trinajstić information content (AvgIpc) is 2.38. The van der Waals surface area contributed by atoms with Crippen LogP contribution in [0.25, 0.3) is 0 Å². The van der Waals surface area contributed by atoms with Crippen LogP contribution in [0.4, 0.5) is 11.5 Å². The van der Waals surface area contributed by atoms with Gasteiger partial charge in [-0.1, -0.05) is 0 Å². The van der Waals surface area contributed by atoms with E-state index in [0.717, 1.165) is 5.69 Å². The van der Waals surface area contributed by atoms with Crippen molar-refractivity contribution < 1.29 is 0 Å². The molecule has 8 heteroatoms. The first-order chi connectivity index (χ1) is 8.69. The summed E-state index contributed by atoms with van der Waals surface area (Å²) in [4.78, 5) is 13.6. The summed E-state index contributed by atoms with van der Waals surface area (Å²) in [5.74, 6) is 0.871. The highest BCUT2D eigenvalue weighted by Crippen LogP contribution is 2.15. The van der Waals surface area contributed by atoms with Gasteiger partial charge >= 0.3 is 0 Å². The van der Waals surface area contributed by atoms with Gasteiger partial charge in [0.05, 0.1) is 11.9 Å². The molecule has 0 aliphatic rings. The van der Waals surface area contributed by atoms with E-state index in [0.29, 0.717) is 24.9 Å². The Balaban J connectivity index is 2.45. The lowest BCUT2D eigenvalue weighted by Crippen LogP contribution is -2.39. The number of aromatic nitrogens is 2. The normalized spacial score (nSPS) is 10.6. The van der Waals surface area contributed by atoms with Crippen molar-refractivity contribution in [3.8, 4) is 6.19 Å². The molecule has 1 heterocycles. The number of nitrogens with two attached hydrogens (primary N) is 1. The number of nitrogens with one attached hydrogen (secondary N) is 2. The Labute approximate surface area is 106 Å². The number of likely N-dealkylation sites (N-methyl/N-ethyl adjacent to an activating group) is 1. The SMILES string of the molecule is CN=C(NC#N)NCCN(C)c1cncnc1N. The van der Waals surface area contributed by atoms with Crippen molar-refractivity contribution >= 4 is 17.5 Å². The number of anilines is 2. The maximum Gasteiger partial charge on any atom is 0.204 e. The number of guanidine groups is 1. The van der Waals surface area contributed by atoms with E-state index in [1.807, 2.05) is 11.9 Å². The third-order valence-corrected chi connectivity index (χ3v) is 2.27. The molecule has 0 aliphatic heterocycles. The molecule has 0 aliphatic carbocycles. The molecule has 0 saturated heterocycles. The van der Waals surface area contributed by atoms with E-state index >= 15 is 0 Å². The second-order valence-electron chi connectivity index (χ2n) is 3.45. The van der Waals surface area contributed by atoms with Crippen LogP contribution in [-0.4, -0.2) is 43.1 Å². The summed E-state index contributed by atoms with van der Waals surface area (Å²) in [5.41, 5.74) is 6.50. The van der Waals surface area contributed by atoms with Crippen molar-refractivity contribution in [3.63, 3.8) is 0 Å². The molecule has 1 aromatic rings. The van der Waals surface area contributed by atoms with Crippen molar-refractivity contribution in [2.75, 3.05) is 37.8 Å². The molecule has 0 unspecified atom stereocenters. The second-order valence-corrected chi connectivity index (χ2v) is 3.45. The van der Waals surface area contributed by atoms with Crippen molar-refractivity contribution in [2.24, 2.45) is 4.99 Å². The molecule has 8 nitrogen and oxygen atoms in total. The first-order valence-corrected chi connectivity index (χ1v) is 5.31. The highest BCUT2D eigenvalue weighted by atomic mass is 15.2. The van der Waals surface area contributed by atoms with Gasteiger partial charge in [0.15, 0.2) is 6.19 Å². The van der Waals surface area contributed by atoms with E-state index in [-0.39, 0.29) is 0 Å². The largest absolute Gasteiger partial charge is 0.382 e. The van der Waals surface area contributed by atoms with Gasteiger partial charge in [-0.3, -0.25) is 10.3 Å². The minimum atomic E-state index is 0.434. The van der Waals surface area contributed by atoms with Crippen LogP contribution in [0, 0.1) is 11.5 Å². The molecule has 0 saturated carbocycles. The number of nitrogen functional groups attached to an aromatic ring is 1. The zero-order valence-electron chi connectivity index (χ0n) is 10.4. The maximum absolute atomic E-state index is 8.47. The van der Waals surface area contributed by atoms with Crippen LogP contribution in [0.2, 0.25) is 0 Å². The fraction of sp³-hybridized carbons (Fsp3) is 0.400. The standard InChI is InChI=1S/C10H16N8/c1-13-10(16-6-11)15-3-4-18(2)8-5-14-7-17-9(8)12/h5,7H,3-4H2,1-2H3,(H2,12,14,17)(H2,13,15,16). The Morgan fingerprint density at radius 3 is 3.06 bits per heavy atom. The van der Waals surface area contributed by atoms with Crippen LogP contribution < -0.4 is 21.3 Å². The Hall–Kier alpha value is -2.56. The van der Waals surface area contributed by atoms with Crippen molar-refractivity contribution in [2.45, 2.75) is 0 Å². The molecular weight excluding hydrogens is 232 g/mol. The molecule has 1 rings (SSSR count). The van der Waals surface area contributed by atoms with Crippen LogP contribution in [-0.2, 0) is 0 Å². The van der Waals surface area contributed by atoms with Crippen LogP contribution in [0.15, 0.2) is 17.5 Å². The summed E-state index contributed by atoms with van der Waals surface area (Å²) >= 11 is 0. The van der Waals surface area contributed by atoms with Crippen molar-refractivity contribution in [3.05, 3.63) is 12.5 Å². The quantitative estimate of drug-likeness (QED) is 0.275. The number of hydrogen-bond donors (Lipinski definition) is 3. The molecule has 0 fully saturated rings. The number of hydrogen-bond acceptors (Lipinski definition) is 6. The lowest BCUT2D eigenvalue weighted by molar-refractivity contribution is 0.805. The molecule has 0 spiro atoms. The molecule has 4 N–H and O–H groups in total. The first kappa shape index (κ1) is 13.5. The minimum absolute atomic E-state index is 0.434. The monoisotopic (exact) mass is 248 g/mol. The molecule has 0 amide bonds. The highest BCUT2D eigenvalue weighted by Gasteiger charge is 2.06. The van der Waals surface area contributed by atoms with Gasteiger partial charge < -0.3 is 16.0 Å². The molecule has 18 heavy (non-hydrogen) atoms. The lowest BCUT2D eigenvalue weighted by atomic mass is 10.4. The topological polar surface area (TPSA) is 115 Å². The number of aliphatic imine (C=N–C) groups is 1. The van der Waals surface area contributed by atoms with Gasteiger partial charge in [0, 0.05) is 27.2 Å².